The summed E-state index contributed by atoms with van der Waals surface area (Å²) in [6.07, 6.45) is 1.19. The fraction of sp³-hybridized carbons (Fsp3) is 0.400. The molecule has 1 fully saturated rings. The third kappa shape index (κ3) is 6.17. The largest absolute Gasteiger partial charge is 0.349 e. The Bertz CT molecular complexity index is 919. The molecule has 2 N–H and O–H groups in total. The number of nitrogens with zero attached hydrogens (tertiary/aromatic N) is 1. The van der Waals surface area contributed by atoms with Crippen molar-refractivity contribution in [3.8, 4) is 0 Å². The zero-order valence-electron chi connectivity index (χ0n) is 18.4. The van der Waals surface area contributed by atoms with Crippen LogP contribution in [0.15, 0.2) is 54.6 Å². The van der Waals surface area contributed by atoms with Crippen molar-refractivity contribution in [3.05, 3.63) is 65.7 Å². The van der Waals surface area contributed by atoms with E-state index in [4.69, 9.17) is 0 Å². The van der Waals surface area contributed by atoms with E-state index in [1.54, 1.807) is 18.2 Å². The maximum atomic E-state index is 13.2. The molecule has 1 heterocycles. The number of rotatable bonds is 6. The van der Waals surface area contributed by atoms with Gasteiger partial charge in [-0.15, -0.1) is 0 Å². The highest BCUT2D eigenvalue weighted by Crippen LogP contribution is 2.25. The predicted octanol–water partition coefficient (Wildman–Crippen LogP) is 4.01. The summed E-state index contributed by atoms with van der Waals surface area (Å²) in [5.74, 6) is 0.391. The van der Waals surface area contributed by atoms with Crippen LogP contribution in [0.5, 0.6) is 0 Å². The Kier molecular flexibility index (Phi) is 7.45. The van der Waals surface area contributed by atoms with Crippen LogP contribution >= 0.6 is 0 Å². The average Bonchev–Trinajstić information content (AvgIpc) is 2.73. The predicted molar refractivity (Wildman–Crippen MR) is 122 cm³/mol. The minimum Gasteiger partial charge on any atom is -0.349 e. The summed E-state index contributed by atoms with van der Waals surface area (Å²) in [6, 6.07) is 16.1. The van der Waals surface area contributed by atoms with Gasteiger partial charge >= 0.3 is 0 Å². The number of amides is 3. The van der Waals surface area contributed by atoms with Gasteiger partial charge in [-0.1, -0.05) is 56.3 Å². The molecule has 3 rings (SSSR count). The van der Waals surface area contributed by atoms with Gasteiger partial charge < -0.3 is 15.5 Å². The lowest BCUT2D eigenvalue weighted by Gasteiger charge is -2.35. The van der Waals surface area contributed by atoms with Gasteiger partial charge in [0.1, 0.15) is 0 Å². The number of piperidine rings is 1. The third-order valence-electron chi connectivity index (χ3n) is 5.56. The van der Waals surface area contributed by atoms with Crippen LogP contribution in [0.2, 0.25) is 0 Å². The molecule has 2 aromatic rings. The number of anilines is 1. The van der Waals surface area contributed by atoms with Crippen LogP contribution in [0.4, 0.5) is 5.69 Å². The Balaban J connectivity index is 1.74. The summed E-state index contributed by atoms with van der Waals surface area (Å²) in [4.78, 5) is 39.6. The first kappa shape index (κ1) is 22.5. The molecule has 0 spiro atoms. The number of likely N-dealkylation sites (tertiary alicyclic amines) is 1. The van der Waals surface area contributed by atoms with Crippen molar-refractivity contribution in [1.29, 1.82) is 0 Å². The van der Waals surface area contributed by atoms with E-state index in [9.17, 15) is 14.4 Å². The van der Waals surface area contributed by atoms with Gasteiger partial charge in [0.25, 0.3) is 5.91 Å². The second-order valence-corrected chi connectivity index (χ2v) is 8.62. The zero-order valence-corrected chi connectivity index (χ0v) is 18.4. The van der Waals surface area contributed by atoms with Crippen LogP contribution in [0.1, 0.15) is 55.6 Å². The zero-order chi connectivity index (χ0) is 22.4. The van der Waals surface area contributed by atoms with Gasteiger partial charge in [0, 0.05) is 20.0 Å². The van der Waals surface area contributed by atoms with Crippen molar-refractivity contribution in [2.45, 2.75) is 39.7 Å². The van der Waals surface area contributed by atoms with Gasteiger partial charge in [-0.3, -0.25) is 14.4 Å². The van der Waals surface area contributed by atoms with E-state index in [2.05, 4.69) is 24.5 Å². The number of carbonyl (C=O) groups is 3. The molecular formula is C25H31N3O3. The SMILES string of the molecule is CC(=O)NC(CC(=O)Nc1ccccc1C(=O)N1CC(C)CC(C)C1)c1ccccc1. The second kappa shape index (κ2) is 10.2. The van der Waals surface area contributed by atoms with Crippen molar-refractivity contribution in [2.24, 2.45) is 11.8 Å². The molecule has 0 aromatic heterocycles. The summed E-state index contributed by atoms with van der Waals surface area (Å²) in [5.41, 5.74) is 1.85. The summed E-state index contributed by atoms with van der Waals surface area (Å²) in [6.45, 7) is 7.21. The molecular weight excluding hydrogens is 390 g/mol. The van der Waals surface area contributed by atoms with E-state index in [0.29, 0.717) is 23.1 Å². The molecule has 164 valence electrons. The number of benzene rings is 2. The van der Waals surface area contributed by atoms with Gasteiger partial charge in [-0.2, -0.15) is 0 Å². The smallest absolute Gasteiger partial charge is 0.255 e. The lowest BCUT2D eigenvalue weighted by Crippen LogP contribution is -2.42. The Morgan fingerprint density at radius 1 is 0.968 bits per heavy atom. The van der Waals surface area contributed by atoms with Crippen LogP contribution in [-0.4, -0.2) is 35.7 Å². The molecule has 1 aliphatic rings. The van der Waals surface area contributed by atoms with Crippen molar-refractivity contribution in [3.63, 3.8) is 0 Å². The number of nitrogens with one attached hydrogen (secondary N) is 2. The highest BCUT2D eigenvalue weighted by atomic mass is 16.2. The third-order valence-corrected chi connectivity index (χ3v) is 5.56. The lowest BCUT2D eigenvalue weighted by molar-refractivity contribution is -0.120. The highest BCUT2D eigenvalue weighted by Gasteiger charge is 2.27. The van der Waals surface area contributed by atoms with E-state index < -0.39 is 6.04 Å². The molecule has 0 radical (unpaired) electrons. The van der Waals surface area contributed by atoms with Crippen LogP contribution < -0.4 is 10.6 Å². The van der Waals surface area contributed by atoms with Crippen molar-refractivity contribution in [1.82, 2.24) is 10.2 Å². The Morgan fingerprint density at radius 3 is 2.23 bits per heavy atom. The van der Waals surface area contributed by atoms with Gasteiger partial charge in [0.05, 0.1) is 23.7 Å². The van der Waals surface area contributed by atoms with Crippen LogP contribution in [-0.2, 0) is 9.59 Å². The first-order valence-corrected chi connectivity index (χ1v) is 10.8. The molecule has 3 amide bonds. The van der Waals surface area contributed by atoms with Crippen LogP contribution in [0.25, 0.3) is 0 Å². The van der Waals surface area contributed by atoms with E-state index in [-0.39, 0.29) is 24.1 Å². The molecule has 2 aromatic carbocycles. The first-order chi connectivity index (χ1) is 14.8. The quantitative estimate of drug-likeness (QED) is 0.740. The minimum absolute atomic E-state index is 0.0595. The standard InChI is InChI=1S/C25H31N3O3/c1-17-13-18(2)16-28(15-17)25(31)21-11-7-8-12-22(21)27-24(30)14-23(26-19(3)29)20-9-5-4-6-10-20/h4-12,17-18,23H,13-16H2,1-3H3,(H,26,29)(H,27,30). The van der Waals surface area contributed by atoms with E-state index >= 15 is 0 Å². The van der Waals surface area contributed by atoms with Crippen LogP contribution in [0.3, 0.4) is 0 Å². The van der Waals surface area contributed by atoms with Gasteiger partial charge in [-0.25, -0.2) is 0 Å². The molecule has 1 aliphatic heterocycles. The van der Waals surface area contributed by atoms with E-state index in [1.807, 2.05) is 41.3 Å². The molecule has 1 saturated heterocycles. The highest BCUT2D eigenvalue weighted by molar-refractivity contribution is 6.04. The first-order valence-electron chi connectivity index (χ1n) is 10.8. The van der Waals surface area contributed by atoms with Crippen LogP contribution in [0, 0.1) is 11.8 Å². The van der Waals surface area contributed by atoms with E-state index in [1.165, 1.54) is 6.92 Å². The number of hydrogen-bond donors (Lipinski definition) is 2. The number of para-hydroxylation sites is 1. The molecule has 31 heavy (non-hydrogen) atoms. The van der Waals surface area contributed by atoms with Crippen molar-refractivity contribution < 1.29 is 14.4 Å². The lowest BCUT2D eigenvalue weighted by atomic mass is 9.91. The molecule has 3 atom stereocenters. The fourth-order valence-electron chi connectivity index (χ4n) is 4.35. The molecule has 0 aliphatic carbocycles. The summed E-state index contributed by atoms with van der Waals surface area (Å²) >= 11 is 0. The Hall–Kier alpha value is -3.15. The summed E-state index contributed by atoms with van der Waals surface area (Å²) < 4.78 is 0. The Morgan fingerprint density at radius 2 is 1.58 bits per heavy atom. The normalized spacial score (nSPS) is 19.4. The van der Waals surface area contributed by atoms with Gasteiger partial charge in [0.2, 0.25) is 11.8 Å². The molecule has 6 heteroatoms. The molecule has 0 bridgehead atoms. The Labute approximate surface area is 184 Å². The summed E-state index contributed by atoms with van der Waals surface area (Å²) in [5, 5.41) is 5.73. The van der Waals surface area contributed by atoms with Crippen molar-refractivity contribution in [2.75, 3.05) is 18.4 Å². The van der Waals surface area contributed by atoms with Gasteiger partial charge in [0.15, 0.2) is 0 Å². The number of hydrogen-bond acceptors (Lipinski definition) is 3. The monoisotopic (exact) mass is 421 g/mol. The second-order valence-electron chi connectivity index (χ2n) is 8.62. The van der Waals surface area contributed by atoms with Gasteiger partial charge in [-0.05, 0) is 36.0 Å². The fourth-order valence-corrected chi connectivity index (χ4v) is 4.35. The molecule has 0 saturated carbocycles. The van der Waals surface area contributed by atoms with E-state index in [0.717, 1.165) is 25.1 Å². The topological polar surface area (TPSA) is 78.5 Å². The average molecular weight is 422 g/mol. The maximum absolute atomic E-state index is 13.2. The number of carbonyl (C=O) groups excluding carboxylic acids is 3. The van der Waals surface area contributed by atoms with Crippen molar-refractivity contribution >= 4 is 23.4 Å². The summed E-state index contributed by atoms with van der Waals surface area (Å²) in [7, 11) is 0. The minimum atomic E-state index is -0.439. The maximum Gasteiger partial charge on any atom is 0.255 e. The molecule has 3 unspecified atom stereocenters. The molecule has 6 nitrogen and oxygen atoms in total.